The highest BCUT2D eigenvalue weighted by atomic mass is 79.9. The van der Waals surface area contributed by atoms with E-state index in [1.165, 1.54) is 23.4 Å². The number of benzene rings is 2. The van der Waals surface area contributed by atoms with Gasteiger partial charge in [0.05, 0.1) is 0 Å². The maximum Gasteiger partial charge on any atom is 0.123 e. The summed E-state index contributed by atoms with van der Waals surface area (Å²) in [6, 6.07) is 14.9. The summed E-state index contributed by atoms with van der Waals surface area (Å²) in [6.45, 7) is 0.768. The molecule has 0 fully saturated rings. The smallest absolute Gasteiger partial charge is 0.123 e. The van der Waals surface area contributed by atoms with Crippen LogP contribution in [0.2, 0.25) is 0 Å². The Kier molecular flexibility index (Phi) is 4.37. The van der Waals surface area contributed by atoms with E-state index < -0.39 is 0 Å². The number of anilines is 1. The molecule has 0 saturated heterocycles. The summed E-state index contributed by atoms with van der Waals surface area (Å²) < 4.78 is 12.8. The summed E-state index contributed by atoms with van der Waals surface area (Å²) in [5.74, 6) is -0.192. The topological polar surface area (TPSA) is 3.24 Å². The van der Waals surface area contributed by atoms with Gasteiger partial charge < -0.3 is 4.90 Å². The normalized spacial score (nSPS) is 10.4. The van der Waals surface area contributed by atoms with Crippen LogP contribution in [-0.2, 0) is 11.9 Å². The van der Waals surface area contributed by atoms with Crippen LogP contribution in [0.4, 0.5) is 10.1 Å². The number of hydrogen-bond donors (Lipinski definition) is 0. The van der Waals surface area contributed by atoms with Crippen molar-refractivity contribution in [2.45, 2.75) is 11.9 Å². The number of hydrogen-bond acceptors (Lipinski definition) is 1. The van der Waals surface area contributed by atoms with Gasteiger partial charge in [-0.25, -0.2) is 4.39 Å². The minimum absolute atomic E-state index is 0.192. The predicted octanol–water partition coefficient (Wildman–Crippen LogP) is 4.36. The van der Waals surface area contributed by atoms with Gasteiger partial charge in [-0.05, 0) is 29.3 Å². The first-order valence-corrected chi connectivity index (χ1v) is 6.92. The van der Waals surface area contributed by atoms with Crippen LogP contribution in [0, 0.1) is 5.82 Å². The third kappa shape index (κ3) is 3.10. The zero-order chi connectivity index (χ0) is 13.0. The Bertz CT molecular complexity index is 510. The van der Waals surface area contributed by atoms with Crippen LogP contribution in [0.15, 0.2) is 48.5 Å². The number of alkyl halides is 1. The van der Waals surface area contributed by atoms with Gasteiger partial charge in [0, 0.05) is 24.6 Å². The average Bonchev–Trinajstić information content (AvgIpc) is 2.41. The highest BCUT2D eigenvalue weighted by molar-refractivity contribution is 9.08. The van der Waals surface area contributed by atoms with Crippen LogP contribution < -0.4 is 4.90 Å². The molecular weight excluding hydrogens is 293 g/mol. The number of rotatable bonds is 4. The van der Waals surface area contributed by atoms with E-state index in [1.54, 1.807) is 0 Å². The van der Waals surface area contributed by atoms with Gasteiger partial charge >= 0.3 is 0 Å². The van der Waals surface area contributed by atoms with E-state index in [4.69, 9.17) is 0 Å². The highest BCUT2D eigenvalue weighted by Gasteiger charge is 2.06. The van der Waals surface area contributed by atoms with Crippen molar-refractivity contribution in [3.8, 4) is 0 Å². The van der Waals surface area contributed by atoms with Crippen LogP contribution in [-0.4, -0.2) is 7.05 Å². The molecule has 0 aliphatic rings. The molecule has 1 nitrogen and oxygen atoms in total. The van der Waals surface area contributed by atoms with Gasteiger partial charge in [0.1, 0.15) is 5.82 Å². The monoisotopic (exact) mass is 307 g/mol. The average molecular weight is 308 g/mol. The summed E-state index contributed by atoms with van der Waals surface area (Å²) in [4.78, 5) is 2.17. The third-order valence-electron chi connectivity index (χ3n) is 2.88. The molecule has 2 rings (SSSR count). The van der Waals surface area contributed by atoms with Gasteiger partial charge in [-0.2, -0.15) is 0 Å². The lowest BCUT2D eigenvalue weighted by Crippen LogP contribution is -2.17. The van der Waals surface area contributed by atoms with Gasteiger partial charge in [0.15, 0.2) is 0 Å². The maximum absolute atomic E-state index is 12.8. The Morgan fingerprint density at radius 2 is 1.72 bits per heavy atom. The molecule has 3 heteroatoms. The maximum atomic E-state index is 12.8. The lowest BCUT2D eigenvalue weighted by atomic mass is 10.1. The van der Waals surface area contributed by atoms with Crippen molar-refractivity contribution in [3.05, 3.63) is 65.5 Å². The standard InChI is InChI=1S/C15H15BrFN/c1-18(11-12-6-8-14(17)9-7-12)15-5-3-2-4-13(15)10-16/h2-9H,10-11H2,1H3. The summed E-state index contributed by atoms with van der Waals surface area (Å²) in [6.07, 6.45) is 0. The second-order valence-electron chi connectivity index (χ2n) is 4.24. The Balaban J connectivity index is 2.16. The van der Waals surface area contributed by atoms with Gasteiger partial charge in [0.25, 0.3) is 0 Å². The lowest BCUT2D eigenvalue weighted by molar-refractivity contribution is 0.627. The lowest BCUT2D eigenvalue weighted by Gasteiger charge is -2.22. The van der Waals surface area contributed by atoms with E-state index in [1.807, 2.05) is 31.3 Å². The highest BCUT2D eigenvalue weighted by Crippen LogP contribution is 2.23. The fourth-order valence-electron chi connectivity index (χ4n) is 1.95. The minimum Gasteiger partial charge on any atom is -0.370 e. The van der Waals surface area contributed by atoms with Crippen molar-refractivity contribution in [1.82, 2.24) is 0 Å². The van der Waals surface area contributed by atoms with Crippen molar-refractivity contribution in [2.24, 2.45) is 0 Å². The largest absolute Gasteiger partial charge is 0.370 e. The van der Waals surface area contributed by atoms with Crippen molar-refractivity contribution in [2.75, 3.05) is 11.9 Å². The Morgan fingerprint density at radius 1 is 1.06 bits per heavy atom. The number of para-hydroxylation sites is 1. The molecule has 0 heterocycles. The molecule has 2 aromatic carbocycles. The van der Waals surface area contributed by atoms with Gasteiger partial charge in [-0.1, -0.05) is 46.3 Å². The fourth-order valence-corrected chi connectivity index (χ4v) is 2.42. The van der Waals surface area contributed by atoms with Crippen molar-refractivity contribution >= 4 is 21.6 Å². The molecule has 0 atom stereocenters. The van der Waals surface area contributed by atoms with Crippen LogP contribution in [0.3, 0.4) is 0 Å². The molecule has 0 N–H and O–H groups in total. The van der Waals surface area contributed by atoms with E-state index in [0.717, 1.165) is 17.4 Å². The third-order valence-corrected chi connectivity index (χ3v) is 3.48. The van der Waals surface area contributed by atoms with Crippen molar-refractivity contribution in [3.63, 3.8) is 0 Å². The van der Waals surface area contributed by atoms with Gasteiger partial charge in [-0.3, -0.25) is 0 Å². The Hall–Kier alpha value is -1.35. The SMILES string of the molecule is CN(Cc1ccc(F)cc1)c1ccccc1CBr. The van der Waals surface area contributed by atoms with Crippen LogP contribution in [0.1, 0.15) is 11.1 Å². The molecule has 0 aliphatic carbocycles. The van der Waals surface area contributed by atoms with Crippen LogP contribution in [0.25, 0.3) is 0 Å². The first-order chi connectivity index (χ1) is 8.70. The summed E-state index contributed by atoms with van der Waals surface area (Å²) >= 11 is 3.50. The second-order valence-corrected chi connectivity index (χ2v) is 4.81. The predicted molar refractivity (Wildman–Crippen MR) is 77.6 cm³/mol. The molecule has 0 amide bonds. The molecule has 0 spiro atoms. The number of nitrogens with zero attached hydrogens (tertiary/aromatic N) is 1. The number of halogens is 2. The van der Waals surface area contributed by atoms with E-state index in [9.17, 15) is 4.39 Å². The van der Waals surface area contributed by atoms with Gasteiger partial charge in [0.2, 0.25) is 0 Å². The van der Waals surface area contributed by atoms with E-state index >= 15 is 0 Å². The second kappa shape index (κ2) is 6.01. The zero-order valence-electron chi connectivity index (χ0n) is 10.2. The molecule has 94 valence electrons. The van der Waals surface area contributed by atoms with Gasteiger partial charge in [-0.15, -0.1) is 0 Å². The Labute approximate surface area is 115 Å². The summed E-state index contributed by atoms with van der Waals surface area (Å²) in [5.41, 5.74) is 3.55. The van der Waals surface area contributed by atoms with Crippen molar-refractivity contribution < 1.29 is 4.39 Å². The summed E-state index contributed by atoms with van der Waals surface area (Å²) in [5, 5.41) is 0.830. The fraction of sp³-hybridized carbons (Fsp3) is 0.200. The summed E-state index contributed by atoms with van der Waals surface area (Å²) in [7, 11) is 2.05. The quantitative estimate of drug-likeness (QED) is 0.759. The molecule has 0 aliphatic heterocycles. The zero-order valence-corrected chi connectivity index (χ0v) is 11.8. The molecular formula is C15H15BrFN. The first-order valence-electron chi connectivity index (χ1n) is 5.80. The van der Waals surface area contributed by atoms with Crippen LogP contribution >= 0.6 is 15.9 Å². The first kappa shape index (κ1) is 13.1. The van der Waals surface area contributed by atoms with Crippen LogP contribution in [0.5, 0.6) is 0 Å². The van der Waals surface area contributed by atoms with E-state index in [2.05, 4.69) is 33.0 Å². The molecule has 2 aromatic rings. The minimum atomic E-state index is -0.192. The molecule has 0 unspecified atom stereocenters. The molecule has 18 heavy (non-hydrogen) atoms. The molecule has 0 radical (unpaired) electrons. The van der Waals surface area contributed by atoms with E-state index in [-0.39, 0.29) is 5.82 Å². The van der Waals surface area contributed by atoms with Crippen molar-refractivity contribution in [1.29, 1.82) is 0 Å². The molecule has 0 bridgehead atoms. The Morgan fingerprint density at radius 3 is 2.39 bits per heavy atom. The van der Waals surface area contributed by atoms with E-state index in [0.29, 0.717) is 0 Å². The molecule has 0 saturated carbocycles. The molecule has 0 aromatic heterocycles.